The van der Waals surface area contributed by atoms with Crippen LogP contribution in [0.4, 0.5) is 15.8 Å². The standard InChI is InChI=1S/C23H19FN4O4/c1-14-3-4-18(13-21(14)28(31)32)23(30)27-26-15(2)16-7-11-20(12-8-16)25-22(29)17-5-9-19(24)10-6-17/h3-13H,1-2H3,(H,25,29)(H,27,30). The van der Waals surface area contributed by atoms with Crippen molar-refractivity contribution < 1.29 is 18.9 Å². The molecule has 162 valence electrons. The van der Waals surface area contributed by atoms with Crippen LogP contribution in [0.3, 0.4) is 0 Å². The lowest BCUT2D eigenvalue weighted by atomic mass is 10.1. The number of benzene rings is 3. The van der Waals surface area contributed by atoms with Gasteiger partial charge in [-0.15, -0.1) is 0 Å². The molecule has 0 unspecified atom stereocenters. The highest BCUT2D eigenvalue weighted by atomic mass is 19.1. The summed E-state index contributed by atoms with van der Waals surface area (Å²) in [7, 11) is 0. The minimum atomic E-state index is -0.573. The first kappa shape index (κ1) is 22.3. The zero-order valence-electron chi connectivity index (χ0n) is 17.3. The van der Waals surface area contributed by atoms with Crippen molar-refractivity contribution in [2.24, 2.45) is 5.10 Å². The number of nitro groups is 1. The number of hydrogen-bond donors (Lipinski definition) is 2. The van der Waals surface area contributed by atoms with Crippen molar-refractivity contribution in [3.8, 4) is 0 Å². The third-order valence-corrected chi connectivity index (χ3v) is 4.66. The van der Waals surface area contributed by atoms with E-state index in [1.165, 1.54) is 42.5 Å². The maximum absolute atomic E-state index is 13.0. The molecule has 2 N–H and O–H groups in total. The van der Waals surface area contributed by atoms with Crippen molar-refractivity contribution in [2.45, 2.75) is 13.8 Å². The fraction of sp³-hybridized carbons (Fsp3) is 0.0870. The molecule has 0 saturated carbocycles. The number of carbonyl (C=O) groups is 2. The smallest absolute Gasteiger partial charge is 0.273 e. The maximum atomic E-state index is 13.0. The van der Waals surface area contributed by atoms with Gasteiger partial charge in [-0.3, -0.25) is 19.7 Å². The molecule has 8 nitrogen and oxygen atoms in total. The Morgan fingerprint density at radius 1 is 0.906 bits per heavy atom. The summed E-state index contributed by atoms with van der Waals surface area (Å²) >= 11 is 0. The van der Waals surface area contributed by atoms with Gasteiger partial charge in [-0.1, -0.05) is 18.2 Å². The summed E-state index contributed by atoms with van der Waals surface area (Å²) in [6.07, 6.45) is 0. The Labute approximate surface area is 182 Å². The van der Waals surface area contributed by atoms with Gasteiger partial charge in [-0.25, -0.2) is 9.82 Å². The monoisotopic (exact) mass is 434 g/mol. The number of nitrogens with zero attached hydrogens (tertiary/aromatic N) is 2. The SMILES string of the molecule is CC(=NNC(=O)c1ccc(C)c([N+](=O)[O-])c1)c1ccc(NC(=O)c2ccc(F)cc2)cc1. The lowest BCUT2D eigenvalue weighted by Crippen LogP contribution is -2.19. The van der Waals surface area contributed by atoms with E-state index < -0.39 is 16.6 Å². The molecule has 0 aliphatic carbocycles. The molecular weight excluding hydrogens is 415 g/mol. The Hall–Kier alpha value is -4.40. The zero-order valence-corrected chi connectivity index (χ0v) is 17.3. The summed E-state index contributed by atoms with van der Waals surface area (Å²) in [4.78, 5) is 35.0. The van der Waals surface area contributed by atoms with Crippen LogP contribution in [0.2, 0.25) is 0 Å². The van der Waals surface area contributed by atoms with Gasteiger partial charge in [0.15, 0.2) is 0 Å². The number of rotatable bonds is 6. The van der Waals surface area contributed by atoms with Gasteiger partial charge >= 0.3 is 0 Å². The van der Waals surface area contributed by atoms with Crippen molar-refractivity contribution >= 4 is 28.9 Å². The molecule has 0 saturated heterocycles. The minimum Gasteiger partial charge on any atom is -0.322 e. The van der Waals surface area contributed by atoms with Gasteiger partial charge in [0, 0.05) is 28.4 Å². The third-order valence-electron chi connectivity index (χ3n) is 4.66. The van der Waals surface area contributed by atoms with Crippen molar-refractivity contribution in [3.05, 3.63) is 105 Å². The molecule has 9 heteroatoms. The van der Waals surface area contributed by atoms with Gasteiger partial charge in [0.2, 0.25) is 0 Å². The molecule has 0 radical (unpaired) electrons. The highest BCUT2D eigenvalue weighted by molar-refractivity contribution is 6.05. The van der Waals surface area contributed by atoms with Crippen molar-refractivity contribution in [1.29, 1.82) is 0 Å². The Morgan fingerprint density at radius 3 is 2.12 bits per heavy atom. The molecular formula is C23H19FN4O4. The van der Waals surface area contributed by atoms with Crippen LogP contribution in [-0.4, -0.2) is 22.4 Å². The highest BCUT2D eigenvalue weighted by Gasteiger charge is 2.15. The van der Waals surface area contributed by atoms with Crippen LogP contribution in [0.25, 0.3) is 0 Å². The molecule has 0 bridgehead atoms. The molecule has 3 aromatic rings. The van der Waals surface area contributed by atoms with Gasteiger partial charge in [0.25, 0.3) is 17.5 Å². The number of nitrogens with one attached hydrogen (secondary N) is 2. The second-order valence-corrected chi connectivity index (χ2v) is 6.93. The van der Waals surface area contributed by atoms with Crippen LogP contribution in [0.1, 0.15) is 38.8 Å². The summed E-state index contributed by atoms with van der Waals surface area (Å²) in [5, 5.41) is 17.8. The van der Waals surface area contributed by atoms with E-state index in [2.05, 4.69) is 15.8 Å². The van der Waals surface area contributed by atoms with Gasteiger partial charge in [0.05, 0.1) is 10.6 Å². The van der Waals surface area contributed by atoms with Crippen LogP contribution in [0.5, 0.6) is 0 Å². The first-order valence-electron chi connectivity index (χ1n) is 9.51. The Bertz CT molecular complexity index is 1210. The summed E-state index contributed by atoms with van der Waals surface area (Å²) in [5.41, 5.74) is 4.87. The Balaban J connectivity index is 1.65. The number of carbonyl (C=O) groups excluding carboxylic acids is 2. The summed E-state index contributed by atoms with van der Waals surface area (Å²) in [5.74, 6) is -1.37. The van der Waals surface area contributed by atoms with Crippen molar-refractivity contribution in [1.82, 2.24) is 5.43 Å². The Morgan fingerprint density at radius 2 is 1.50 bits per heavy atom. The van der Waals surface area contributed by atoms with Gasteiger partial charge in [0.1, 0.15) is 5.82 Å². The quantitative estimate of drug-likeness (QED) is 0.339. The topological polar surface area (TPSA) is 114 Å². The minimum absolute atomic E-state index is 0.123. The second-order valence-electron chi connectivity index (χ2n) is 6.93. The molecule has 32 heavy (non-hydrogen) atoms. The average Bonchev–Trinajstić information content (AvgIpc) is 2.78. The lowest BCUT2D eigenvalue weighted by Gasteiger charge is -2.07. The molecule has 3 rings (SSSR count). The first-order valence-corrected chi connectivity index (χ1v) is 9.51. The molecule has 0 aromatic heterocycles. The molecule has 2 amide bonds. The third kappa shape index (κ3) is 5.39. The molecule has 0 heterocycles. The molecule has 0 atom stereocenters. The van der Waals surface area contributed by atoms with Gasteiger partial charge in [-0.05, 0) is 61.9 Å². The van der Waals surface area contributed by atoms with E-state index in [0.717, 1.165) is 0 Å². The zero-order chi connectivity index (χ0) is 23.3. The number of nitro benzene ring substituents is 1. The van der Waals surface area contributed by atoms with Crippen LogP contribution in [0, 0.1) is 22.9 Å². The van der Waals surface area contributed by atoms with E-state index in [1.807, 2.05) is 0 Å². The maximum Gasteiger partial charge on any atom is 0.273 e. The van der Waals surface area contributed by atoms with E-state index >= 15 is 0 Å². The predicted octanol–water partition coefficient (Wildman–Crippen LogP) is 4.45. The molecule has 0 aliphatic rings. The summed E-state index contributed by atoms with van der Waals surface area (Å²) in [6.45, 7) is 3.28. The van der Waals surface area contributed by atoms with Crippen LogP contribution in [-0.2, 0) is 0 Å². The predicted molar refractivity (Wildman–Crippen MR) is 118 cm³/mol. The molecule has 0 spiro atoms. The van der Waals surface area contributed by atoms with E-state index in [0.29, 0.717) is 28.1 Å². The number of hydrogen-bond acceptors (Lipinski definition) is 5. The van der Waals surface area contributed by atoms with Crippen LogP contribution in [0.15, 0.2) is 71.8 Å². The summed E-state index contributed by atoms with van der Waals surface area (Å²) < 4.78 is 13.0. The fourth-order valence-corrected chi connectivity index (χ4v) is 2.81. The van der Waals surface area contributed by atoms with Crippen molar-refractivity contribution in [3.63, 3.8) is 0 Å². The highest BCUT2D eigenvalue weighted by Crippen LogP contribution is 2.19. The number of hydrazone groups is 1. The molecule has 3 aromatic carbocycles. The van der Waals surface area contributed by atoms with E-state index in [1.54, 1.807) is 38.1 Å². The largest absolute Gasteiger partial charge is 0.322 e. The number of anilines is 1. The molecule has 0 fully saturated rings. The van der Waals surface area contributed by atoms with E-state index in [-0.39, 0.29) is 17.2 Å². The Kier molecular flexibility index (Phi) is 6.69. The second kappa shape index (κ2) is 9.61. The number of aryl methyl sites for hydroxylation is 1. The average molecular weight is 434 g/mol. The van der Waals surface area contributed by atoms with Crippen LogP contribution < -0.4 is 10.7 Å². The van der Waals surface area contributed by atoms with E-state index in [4.69, 9.17) is 0 Å². The first-order chi connectivity index (χ1) is 15.2. The number of amides is 2. The van der Waals surface area contributed by atoms with E-state index in [9.17, 15) is 24.1 Å². The molecule has 0 aliphatic heterocycles. The fourth-order valence-electron chi connectivity index (χ4n) is 2.81. The normalized spacial score (nSPS) is 11.0. The number of halogens is 1. The van der Waals surface area contributed by atoms with Gasteiger partial charge < -0.3 is 5.32 Å². The lowest BCUT2D eigenvalue weighted by molar-refractivity contribution is -0.385. The summed E-state index contributed by atoms with van der Waals surface area (Å²) in [6, 6.07) is 16.1. The van der Waals surface area contributed by atoms with Crippen molar-refractivity contribution in [2.75, 3.05) is 5.32 Å². The van der Waals surface area contributed by atoms with Crippen LogP contribution >= 0.6 is 0 Å². The van der Waals surface area contributed by atoms with Gasteiger partial charge in [-0.2, -0.15) is 5.10 Å².